The first-order chi connectivity index (χ1) is 14.0. The molecule has 0 saturated heterocycles. The molecule has 29 heavy (non-hydrogen) atoms. The molecule has 4 rings (SSSR count). The molecule has 0 spiro atoms. The molecule has 5 N–H and O–H groups in total. The molecule has 3 heterocycles. The highest BCUT2D eigenvalue weighted by Crippen LogP contribution is 2.31. The minimum atomic E-state index is 0.250. The highest BCUT2D eigenvalue weighted by atomic mass is 35.5. The van der Waals surface area contributed by atoms with Crippen molar-refractivity contribution >= 4 is 34.9 Å². The Hall–Kier alpha value is -3.13. The molecule has 0 fully saturated rings. The molecule has 1 aliphatic carbocycles. The summed E-state index contributed by atoms with van der Waals surface area (Å²) in [6.45, 7) is 2.27. The number of rotatable bonds is 2. The molecular formula is C20H25ClN6O2. The number of carbonyl (C=O) groups is 1. The molecule has 154 valence electrons. The second kappa shape index (κ2) is 11.0. The van der Waals surface area contributed by atoms with Crippen LogP contribution in [0.25, 0.3) is 22.6 Å². The van der Waals surface area contributed by atoms with Crippen molar-refractivity contribution in [3.8, 4) is 17.1 Å². The number of H-pyrrole nitrogens is 1. The molecule has 1 amide bonds. The Kier molecular flexibility index (Phi) is 8.42. The average Bonchev–Trinajstić information content (AvgIpc) is 3.17. The number of primary amides is 1. The van der Waals surface area contributed by atoms with Crippen LogP contribution in [0.2, 0.25) is 5.02 Å². The minimum absolute atomic E-state index is 0.250. The van der Waals surface area contributed by atoms with Crippen LogP contribution >= 0.6 is 11.6 Å². The highest BCUT2D eigenvalue weighted by Gasteiger charge is 2.14. The number of halogens is 1. The number of nitrogen functional groups attached to an aromatic ring is 1. The van der Waals surface area contributed by atoms with Gasteiger partial charge < -0.3 is 21.2 Å². The van der Waals surface area contributed by atoms with Crippen LogP contribution in [0.4, 0.5) is 5.69 Å². The summed E-state index contributed by atoms with van der Waals surface area (Å²) in [5.74, 6) is 2.11. The summed E-state index contributed by atoms with van der Waals surface area (Å²) >= 11 is 5.93. The number of fused-ring (bicyclic) bond motifs is 1. The van der Waals surface area contributed by atoms with Gasteiger partial charge in [-0.2, -0.15) is 0 Å². The summed E-state index contributed by atoms with van der Waals surface area (Å²) in [5.41, 5.74) is 12.3. The van der Waals surface area contributed by atoms with E-state index in [-0.39, 0.29) is 6.41 Å². The number of methoxy groups -OCH3 is 1. The largest absolute Gasteiger partial charge is 0.496 e. The van der Waals surface area contributed by atoms with Crippen LogP contribution in [0.1, 0.15) is 26.2 Å². The topological polar surface area (TPSA) is 133 Å². The number of hydrogen-bond acceptors (Lipinski definition) is 6. The lowest BCUT2D eigenvalue weighted by molar-refractivity contribution is -0.106. The van der Waals surface area contributed by atoms with Crippen molar-refractivity contribution < 1.29 is 9.53 Å². The van der Waals surface area contributed by atoms with E-state index in [1.165, 1.54) is 25.5 Å². The predicted molar refractivity (Wildman–Crippen MR) is 116 cm³/mol. The number of nitrogens with two attached hydrogens (primary N) is 2. The maximum Gasteiger partial charge on any atom is 0.204 e. The van der Waals surface area contributed by atoms with Crippen LogP contribution < -0.4 is 16.2 Å². The van der Waals surface area contributed by atoms with Gasteiger partial charge in [0.15, 0.2) is 5.65 Å². The molecule has 0 saturated carbocycles. The van der Waals surface area contributed by atoms with Crippen molar-refractivity contribution in [2.24, 2.45) is 11.7 Å². The standard InChI is InChI=1S/C12H10ClN5O.C7H12.CH3NO/c1-19-8-2-3-15-4-6(8)11-17-10-9(14)7(13)5-16-12(10)18-11;1-7-5-3-2-4-6-7;2-1-3/h2-5H,1H3,(H3,14,16,17,18);3,5,7H,2,4,6H2,1H3;1H,(H2,2,3)/t;7-;/m.1./s1. The summed E-state index contributed by atoms with van der Waals surface area (Å²) in [4.78, 5) is 24.2. The van der Waals surface area contributed by atoms with E-state index in [4.69, 9.17) is 26.9 Å². The fourth-order valence-corrected chi connectivity index (χ4v) is 2.94. The number of amides is 1. The number of pyridine rings is 2. The van der Waals surface area contributed by atoms with Gasteiger partial charge in [0.05, 0.1) is 29.6 Å². The lowest BCUT2D eigenvalue weighted by atomic mass is 9.98. The van der Waals surface area contributed by atoms with Gasteiger partial charge in [-0.05, 0) is 31.2 Å². The number of aromatic nitrogens is 4. The molecule has 9 heteroatoms. The first kappa shape index (κ1) is 22.2. The van der Waals surface area contributed by atoms with Gasteiger partial charge >= 0.3 is 0 Å². The Balaban J connectivity index is 0.000000250. The highest BCUT2D eigenvalue weighted by molar-refractivity contribution is 6.34. The van der Waals surface area contributed by atoms with E-state index >= 15 is 0 Å². The van der Waals surface area contributed by atoms with E-state index in [2.05, 4.69) is 44.7 Å². The molecule has 3 aromatic rings. The normalized spacial score (nSPS) is 14.9. The third kappa shape index (κ3) is 5.92. The minimum Gasteiger partial charge on any atom is -0.496 e. The van der Waals surface area contributed by atoms with Crippen molar-refractivity contribution in [2.75, 3.05) is 12.8 Å². The molecule has 0 aliphatic heterocycles. The fourth-order valence-electron chi connectivity index (χ4n) is 2.80. The SMILES string of the molecule is COc1ccncc1-c1nc2ncc(Cl)c(N)c2[nH]1.C[C@@H]1C=CCCC1.NC=O. The molecule has 0 bridgehead atoms. The zero-order chi connectivity index (χ0) is 21.2. The van der Waals surface area contributed by atoms with Crippen LogP contribution in [-0.4, -0.2) is 33.5 Å². The van der Waals surface area contributed by atoms with Crippen LogP contribution in [0.3, 0.4) is 0 Å². The smallest absolute Gasteiger partial charge is 0.204 e. The lowest BCUT2D eigenvalue weighted by Crippen LogP contribution is -1.92. The van der Waals surface area contributed by atoms with Gasteiger partial charge in [-0.3, -0.25) is 9.78 Å². The van der Waals surface area contributed by atoms with E-state index in [0.29, 0.717) is 33.4 Å². The lowest BCUT2D eigenvalue weighted by Gasteiger charge is -2.08. The maximum atomic E-state index is 8.58. The number of imidazole rings is 1. The van der Waals surface area contributed by atoms with Gasteiger partial charge in [0.1, 0.15) is 17.1 Å². The Morgan fingerprint density at radius 2 is 2.14 bits per heavy atom. The van der Waals surface area contributed by atoms with Crippen molar-refractivity contribution in [2.45, 2.75) is 26.2 Å². The first-order valence-corrected chi connectivity index (χ1v) is 9.49. The first-order valence-electron chi connectivity index (χ1n) is 9.11. The van der Waals surface area contributed by atoms with E-state index < -0.39 is 0 Å². The van der Waals surface area contributed by atoms with Crippen LogP contribution in [0.15, 0.2) is 36.8 Å². The van der Waals surface area contributed by atoms with Crippen LogP contribution in [-0.2, 0) is 4.79 Å². The zero-order valence-electron chi connectivity index (χ0n) is 16.4. The molecule has 3 aromatic heterocycles. The van der Waals surface area contributed by atoms with Gasteiger partial charge in [-0.15, -0.1) is 0 Å². The van der Waals surface area contributed by atoms with Crippen LogP contribution in [0, 0.1) is 5.92 Å². The summed E-state index contributed by atoms with van der Waals surface area (Å²) in [7, 11) is 1.59. The Morgan fingerprint density at radius 3 is 2.72 bits per heavy atom. The molecule has 1 atom stereocenters. The predicted octanol–water partition coefficient (Wildman–Crippen LogP) is 3.73. The third-order valence-electron chi connectivity index (χ3n) is 4.26. The fraction of sp³-hybridized carbons (Fsp3) is 0.300. The summed E-state index contributed by atoms with van der Waals surface area (Å²) in [6, 6.07) is 1.76. The van der Waals surface area contributed by atoms with Gasteiger partial charge in [0.25, 0.3) is 0 Å². The number of aromatic amines is 1. The second-order valence-corrected chi connectivity index (χ2v) is 6.76. The summed E-state index contributed by atoms with van der Waals surface area (Å²) in [5, 5.41) is 0.390. The summed E-state index contributed by atoms with van der Waals surface area (Å²) in [6.07, 6.45) is 13.7. The number of hydrogen-bond donors (Lipinski definition) is 3. The van der Waals surface area contributed by atoms with E-state index in [0.717, 1.165) is 11.5 Å². The Bertz CT molecular complexity index is 973. The van der Waals surface area contributed by atoms with E-state index in [1.54, 1.807) is 25.6 Å². The van der Waals surface area contributed by atoms with E-state index in [1.807, 2.05) is 0 Å². The maximum absolute atomic E-state index is 8.58. The van der Waals surface area contributed by atoms with Gasteiger partial charge in [-0.25, -0.2) is 9.97 Å². The molecular weight excluding hydrogens is 392 g/mol. The third-order valence-corrected chi connectivity index (χ3v) is 4.56. The van der Waals surface area contributed by atoms with Crippen molar-refractivity contribution in [3.05, 3.63) is 41.8 Å². The number of nitrogens with one attached hydrogen (secondary N) is 1. The van der Waals surface area contributed by atoms with Crippen LogP contribution in [0.5, 0.6) is 5.75 Å². The zero-order valence-corrected chi connectivity index (χ0v) is 17.2. The van der Waals surface area contributed by atoms with E-state index in [9.17, 15) is 0 Å². The average molecular weight is 417 g/mol. The number of ether oxygens (including phenoxy) is 1. The quantitative estimate of drug-likeness (QED) is 0.430. The number of anilines is 1. The van der Waals surface area contributed by atoms with Gasteiger partial charge in [0.2, 0.25) is 6.41 Å². The van der Waals surface area contributed by atoms with Crippen molar-refractivity contribution in [3.63, 3.8) is 0 Å². The van der Waals surface area contributed by atoms with Crippen molar-refractivity contribution in [1.29, 1.82) is 0 Å². The van der Waals surface area contributed by atoms with Gasteiger partial charge in [0, 0.05) is 12.4 Å². The van der Waals surface area contributed by atoms with Gasteiger partial charge in [-0.1, -0.05) is 30.7 Å². The summed E-state index contributed by atoms with van der Waals surface area (Å²) < 4.78 is 5.27. The Labute approximate surface area is 174 Å². The Morgan fingerprint density at radius 1 is 1.38 bits per heavy atom. The number of allylic oxidation sites excluding steroid dienone is 2. The molecule has 0 aromatic carbocycles. The monoisotopic (exact) mass is 416 g/mol. The molecule has 0 unspecified atom stereocenters. The molecule has 8 nitrogen and oxygen atoms in total. The number of carbonyl (C=O) groups excluding carboxylic acids is 1. The molecule has 1 aliphatic rings. The number of nitrogens with zero attached hydrogens (tertiary/aromatic N) is 3. The second-order valence-electron chi connectivity index (χ2n) is 6.35. The molecule has 0 radical (unpaired) electrons. The van der Waals surface area contributed by atoms with Crippen molar-refractivity contribution in [1.82, 2.24) is 19.9 Å².